The van der Waals surface area contributed by atoms with Gasteiger partial charge in [-0.2, -0.15) is 30.7 Å². The van der Waals surface area contributed by atoms with Crippen LogP contribution >= 0.6 is 0 Å². The fourth-order valence-corrected chi connectivity index (χ4v) is 2.54. The molecule has 0 aliphatic heterocycles. The first-order chi connectivity index (χ1) is 14.4. The first-order valence-electron chi connectivity index (χ1n) is 8.66. The molecule has 170 valence electrons. The van der Waals surface area contributed by atoms with Crippen molar-refractivity contribution in [1.82, 2.24) is 10.6 Å². The number of nitrogens with one attached hydrogen (secondary N) is 2. The number of hydrogen-bond donors (Lipinski definition) is 2. The fraction of sp³-hybridized carbons (Fsp3) is 0.316. The fourth-order valence-electron chi connectivity index (χ4n) is 2.54. The van der Waals surface area contributed by atoms with Gasteiger partial charge < -0.3 is 15.4 Å². The van der Waals surface area contributed by atoms with Gasteiger partial charge in [-0.15, -0.1) is 0 Å². The lowest BCUT2D eigenvalue weighted by Crippen LogP contribution is -2.42. The Morgan fingerprint density at radius 1 is 1.00 bits per heavy atom. The van der Waals surface area contributed by atoms with Crippen LogP contribution in [0.2, 0.25) is 0 Å². The molecule has 0 saturated heterocycles. The van der Waals surface area contributed by atoms with Gasteiger partial charge in [0, 0.05) is 6.07 Å². The molecule has 0 aromatic heterocycles. The van der Waals surface area contributed by atoms with Gasteiger partial charge in [0.2, 0.25) is 0 Å². The van der Waals surface area contributed by atoms with Gasteiger partial charge in [-0.05, 0) is 29.7 Å². The van der Waals surface area contributed by atoms with Gasteiger partial charge in [0.1, 0.15) is 18.1 Å². The van der Waals surface area contributed by atoms with Crippen LogP contribution < -0.4 is 15.4 Å². The Morgan fingerprint density at radius 2 is 1.65 bits per heavy atom. The quantitative estimate of drug-likeness (QED) is 0.536. The van der Waals surface area contributed by atoms with Crippen LogP contribution in [0.1, 0.15) is 17.2 Å². The molecule has 1 atom stereocenters. The third kappa shape index (κ3) is 7.95. The van der Waals surface area contributed by atoms with Crippen molar-refractivity contribution < 1.29 is 44.7 Å². The second kappa shape index (κ2) is 9.84. The first kappa shape index (κ1) is 24.2. The molecular weight excluding hydrogens is 440 g/mol. The van der Waals surface area contributed by atoms with Gasteiger partial charge >= 0.3 is 24.7 Å². The molecule has 0 bridgehead atoms. The Morgan fingerprint density at radius 3 is 2.23 bits per heavy atom. The summed E-state index contributed by atoms with van der Waals surface area (Å²) in [5, 5.41) is 3.76. The van der Waals surface area contributed by atoms with Crippen LogP contribution in [0.15, 0.2) is 48.5 Å². The first-order valence-corrected chi connectivity index (χ1v) is 8.66. The predicted octanol–water partition coefficient (Wildman–Crippen LogP) is 5.21. The molecule has 31 heavy (non-hydrogen) atoms. The highest BCUT2D eigenvalue weighted by Gasteiger charge is 2.44. The lowest BCUT2D eigenvalue weighted by Gasteiger charge is -2.22. The van der Waals surface area contributed by atoms with Gasteiger partial charge in [-0.1, -0.05) is 30.3 Å². The van der Waals surface area contributed by atoms with E-state index in [1.54, 1.807) is 35.6 Å². The summed E-state index contributed by atoms with van der Waals surface area (Å²) in [7, 11) is 0. The van der Waals surface area contributed by atoms with Gasteiger partial charge in [0.15, 0.2) is 0 Å². The summed E-state index contributed by atoms with van der Waals surface area (Å²) in [4.78, 5) is 11.9. The molecule has 1 unspecified atom stereocenters. The van der Waals surface area contributed by atoms with E-state index in [4.69, 9.17) is 0 Å². The van der Waals surface area contributed by atoms with E-state index in [0.29, 0.717) is 11.6 Å². The van der Waals surface area contributed by atoms with Crippen molar-refractivity contribution in [2.24, 2.45) is 0 Å². The molecule has 2 N–H and O–H groups in total. The van der Waals surface area contributed by atoms with Crippen LogP contribution in [0.5, 0.6) is 5.75 Å². The zero-order valence-corrected chi connectivity index (χ0v) is 15.5. The number of halogens is 8. The monoisotopic (exact) mass is 456 g/mol. The van der Waals surface area contributed by atoms with Crippen LogP contribution in [0.3, 0.4) is 0 Å². The van der Waals surface area contributed by atoms with Gasteiger partial charge in [0.25, 0.3) is 0 Å². The summed E-state index contributed by atoms with van der Waals surface area (Å²) < 4.78 is 106. The molecule has 0 saturated carbocycles. The predicted molar refractivity (Wildman–Crippen MR) is 93.5 cm³/mol. The Hall–Kier alpha value is -3.05. The largest absolute Gasteiger partial charge is 0.461 e. The van der Waals surface area contributed by atoms with Crippen LogP contribution in [0, 0.1) is 5.82 Å². The average Bonchev–Trinajstić information content (AvgIpc) is 2.65. The molecule has 4 nitrogen and oxygen atoms in total. The van der Waals surface area contributed by atoms with E-state index in [-0.39, 0.29) is 12.0 Å². The van der Waals surface area contributed by atoms with Crippen molar-refractivity contribution in [3.05, 3.63) is 65.5 Å². The number of carbonyl (C=O) groups is 1. The number of urea groups is 1. The molecule has 0 heterocycles. The Balaban J connectivity index is 2.30. The van der Waals surface area contributed by atoms with E-state index in [2.05, 4.69) is 10.1 Å². The van der Waals surface area contributed by atoms with Crippen molar-refractivity contribution in [3.8, 4) is 5.75 Å². The second-order valence-corrected chi connectivity index (χ2v) is 6.37. The highest BCUT2D eigenvalue weighted by Crippen LogP contribution is 2.31. The standard InChI is InChI=1S/C19H16F8N2O2/c20-13-7-12(8-14(9-13)31-19(26,27)16(21)22)15(6-11-4-2-1-3-5-11)29-17(30)28-10-18(23,24)25/h1-5,7-9,15-16H,6,10H2,(H2,28,29,30). The number of rotatable bonds is 8. The molecule has 2 amide bonds. The SMILES string of the molecule is O=C(NCC(F)(F)F)NC(Cc1ccccc1)c1cc(F)cc(OC(F)(F)C(F)F)c1. The maximum Gasteiger partial charge on any atom is 0.461 e. The number of amides is 2. The molecule has 0 aliphatic carbocycles. The molecule has 2 aromatic carbocycles. The second-order valence-electron chi connectivity index (χ2n) is 6.37. The minimum Gasteiger partial charge on any atom is -0.428 e. The van der Waals surface area contributed by atoms with Crippen molar-refractivity contribution in [3.63, 3.8) is 0 Å². The van der Waals surface area contributed by atoms with E-state index >= 15 is 0 Å². The van der Waals surface area contributed by atoms with Crippen molar-refractivity contribution in [1.29, 1.82) is 0 Å². The summed E-state index contributed by atoms with van der Waals surface area (Å²) in [6.07, 6.45) is -13.9. The van der Waals surface area contributed by atoms with Crippen molar-refractivity contribution in [2.75, 3.05) is 6.54 Å². The third-order valence-corrected chi connectivity index (χ3v) is 3.84. The molecule has 2 rings (SSSR count). The zero-order valence-electron chi connectivity index (χ0n) is 15.5. The summed E-state index contributed by atoms with van der Waals surface area (Å²) in [6.45, 7) is -1.64. The molecule has 0 radical (unpaired) electrons. The summed E-state index contributed by atoms with van der Waals surface area (Å²) in [6, 6.07) is 7.69. The van der Waals surface area contributed by atoms with E-state index in [1.165, 1.54) is 0 Å². The lowest BCUT2D eigenvalue weighted by atomic mass is 9.98. The average molecular weight is 456 g/mol. The summed E-state index contributed by atoms with van der Waals surface area (Å²) >= 11 is 0. The highest BCUT2D eigenvalue weighted by molar-refractivity contribution is 5.74. The highest BCUT2D eigenvalue weighted by atomic mass is 19.4. The number of alkyl halides is 7. The number of benzene rings is 2. The molecule has 0 spiro atoms. The lowest BCUT2D eigenvalue weighted by molar-refractivity contribution is -0.253. The number of hydrogen-bond acceptors (Lipinski definition) is 2. The summed E-state index contributed by atoms with van der Waals surface area (Å²) in [5.41, 5.74) is 0.374. The van der Waals surface area contributed by atoms with Crippen molar-refractivity contribution in [2.45, 2.75) is 31.2 Å². The van der Waals surface area contributed by atoms with E-state index in [1.807, 2.05) is 0 Å². The molecule has 0 aliphatic rings. The molecule has 0 fully saturated rings. The Kier molecular flexibility index (Phi) is 7.69. The maximum absolute atomic E-state index is 14.0. The van der Waals surface area contributed by atoms with Crippen LogP contribution in [-0.4, -0.2) is 31.3 Å². The van der Waals surface area contributed by atoms with Gasteiger partial charge in [-0.25, -0.2) is 9.18 Å². The topological polar surface area (TPSA) is 50.4 Å². The molecule has 12 heteroatoms. The summed E-state index contributed by atoms with van der Waals surface area (Å²) in [5.74, 6) is -2.09. The van der Waals surface area contributed by atoms with Gasteiger partial charge in [-0.3, -0.25) is 0 Å². The van der Waals surface area contributed by atoms with Crippen LogP contribution in [0.4, 0.5) is 39.9 Å². The van der Waals surface area contributed by atoms with Crippen LogP contribution in [0.25, 0.3) is 0 Å². The van der Waals surface area contributed by atoms with E-state index in [9.17, 15) is 39.9 Å². The minimum absolute atomic E-state index is 0.0750. The zero-order chi connectivity index (χ0) is 23.2. The number of ether oxygens (including phenoxy) is 1. The van der Waals surface area contributed by atoms with Gasteiger partial charge in [0.05, 0.1) is 6.04 Å². The number of carbonyl (C=O) groups excluding carboxylic acids is 1. The van der Waals surface area contributed by atoms with Crippen molar-refractivity contribution >= 4 is 6.03 Å². The van der Waals surface area contributed by atoms with Crippen LogP contribution in [-0.2, 0) is 6.42 Å². The molecule has 2 aromatic rings. The third-order valence-electron chi connectivity index (χ3n) is 3.84. The normalized spacial score (nSPS) is 13.1. The van der Waals surface area contributed by atoms with E-state index < -0.39 is 48.9 Å². The minimum atomic E-state index is -4.91. The smallest absolute Gasteiger partial charge is 0.428 e. The Labute approximate surface area is 171 Å². The molecular formula is C19H16F8N2O2. The van der Waals surface area contributed by atoms with E-state index in [0.717, 1.165) is 12.1 Å². The maximum atomic E-state index is 14.0. The Bertz CT molecular complexity index is 875.